The zero-order valence-corrected chi connectivity index (χ0v) is 12.1. The van der Waals surface area contributed by atoms with E-state index in [0.717, 1.165) is 24.1 Å². The number of para-hydroxylation sites is 1. The quantitative estimate of drug-likeness (QED) is 0.802. The van der Waals surface area contributed by atoms with Crippen LogP contribution in [0.3, 0.4) is 0 Å². The number of rotatable bonds is 6. The van der Waals surface area contributed by atoms with Crippen LogP contribution >= 0.6 is 0 Å². The number of hydrogen-bond acceptors (Lipinski definition) is 5. The Morgan fingerprint density at radius 2 is 2.10 bits per heavy atom. The van der Waals surface area contributed by atoms with Crippen molar-refractivity contribution in [3.63, 3.8) is 0 Å². The highest BCUT2D eigenvalue weighted by molar-refractivity contribution is 7.90. The van der Waals surface area contributed by atoms with Gasteiger partial charge >= 0.3 is 0 Å². The smallest absolute Gasteiger partial charge is 0.214 e. The molecule has 2 aromatic rings. The fourth-order valence-electron chi connectivity index (χ4n) is 2.04. The van der Waals surface area contributed by atoms with Gasteiger partial charge in [-0.3, -0.25) is 0 Å². The molecule has 0 saturated heterocycles. The topological polar surface area (TPSA) is 97.1 Å². The van der Waals surface area contributed by atoms with E-state index in [9.17, 15) is 13.5 Å². The lowest BCUT2D eigenvalue weighted by atomic mass is 10.2. The van der Waals surface area contributed by atoms with E-state index < -0.39 is 10.0 Å². The Hall–Kier alpha value is -1.77. The first kappa shape index (κ1) is 14.2. The van der Waals surface area contributed by atoms with Gasteiger partial charge in [0.15, 0.2) is 0 Å². The molecule has 0 amide bonds. The average Bonchev–Trinajstić information content (AvgIpc) is 3.25. The fourth-order valence-corrected chi connectivity index (χ4v) is 3.38. The van der Waals surface area contributed by atoms with Crippen LogP contribution in [0.1, 0.15) is 24.1 Å². The van der Waals surface area contributed by atoms with Crippen molar-refractivity contribution >= 4 is 10.0 Å². The van der Waals surface area contributed by atoms with E-state index in [2.05, 4.69) is 15.0 Å². The predicted molar refractivity (Wildman–Crippen MR) is 76.1 cm³/mol. The van der Waals surface area contributed by atoms with E-state index in [-0.39, 0.29) is 18.4 Å². The third kappa shape index (κ3) is 3.12. The number of aliphatic hydroxyl groups excluding tert-OH is 1. The summed E-state index contributed by atoms with van der Waals surface area (Å²) in [6.07, 6.45) is 3.11. The zero-order valence-electron chi connectivity index (χ0n) is 11.3. The molecule has 1 saturated carbocycles. The van der Waals surface area contributed by atoms with Gasteiger partial charge < -0.3 is 5.11 Å². The Balaban J connectivity index is 1.74. The minimum absolute atomic E-state index is 0.0975. The normalized spacial score (nSPS) is 15.3. The van der Waals surface area contributed by atoms with Gasteiger partial charge in [-0.15, -0.1) is 5.10 Å². The lowest BCUT2D eigenvalue weighted by molar-refractivity contribution is 0.281. The zero-order chi connectivity index (χ0) is 14.9. The van der Waals surface area contributed by atoms with Crippen LogP contribution in [0, 0.1) is 0 Å². The van der Waals surface area contributed by atoms with Crippen molar-refractivity contribution in [1.29, 1.82) is 0 Å². The molecular formula is C13H16N4O3S. The molecule has 2 N–H and O–H groups in total. The largest absolute Gasteiger partial charge is 0.392 e. The highest BCUT2D eigenvalue weighted by Crippen LogP contribution is 2.27. The first-order valence-electron chi connectivity index (χ1n) is 6.69. The summed E-state index contributed by atoms with van der Waals surface area (Å²) < 4.78 is 27.6. The first-order chi connectivity index (χ1) is 10.1. The molecule has 1 aliphatic rings. The van der Waals surface area contributed by atoms with E-state index in [0.29, 0.717) is 5.69 Å². The second kappa shape index (κ2) is 5.55. The Morgan fingerprint density at radius 3 is 2.81 bits per heavy atom. The van der Waals surface area contributed by atoms with Gasteiger partial charge in [-0.05, 0) is 18.9 Å². The molecule has 0 radical (unpaired) electrons. The van der Waals surface area contributed by atoms with Crippen LogP contribution in [-0.4, -0.2) is 33.8 Å². The molecule has 1 heterocycles. The minimum Gasteiger partial charge on any atom is -0.392 e. The van der Waals surface area contributed by atoms with Crippen molar-refractivity contribution in [1.82, 2.24) is 19.7 Å². The number of hydrogen-bond donors (Lipinski definition) is 2. The van der Waals surface area contributed by atoms with Crippen molar-refractivity contribution in [3.8, 4) is 5.69 Å². The van der Waals surface area contributed by atoms with E-state index in [1.165, 1.54) is 4.68 Å². The lowest BCUT2D eigenvalue weighted by Gasteiger charge is -2.05. The van der Waals surface area contributed by atoms with Crippen molar-refractivity contribution < 1.29 is 13.5 Å². The van der Waals surface area contributed by atoms with Crippen molar-refractivity contribution in [3.05, 3.63) is 41.7 Å². The molecule has 0 aliphatic heterocycles. The molecule has 0 atom stereocenters. The Bertz CT molecular complexity index is 737. The summed E-state index contributed by atoms with van der Waals surface area (Å²) in [5.74, 6) is 0. The molecule has 1 fully saturated rings. The maximum atomic E-state index is 11.7. The van der Waals surface area contributed by atoms with Crippen LogP contribution in [-0.2, 0) is 23.2 Å². The van der Waals surface area contributed by atoms with Crippen molar-refractivity contribution in [2.24, 2.45) is 0 Å². The molecular weight excluding hydrogens is 292 g/mol. The van der Waals surface area contributed by atoms with E-state index in [4.69, 9.17) is 0 Å². The summed E-state index contributed by atoms with van der Waals surface area (Å²) in [6.45, 7) is 0.0276. The molecule has 8 heteroatoms. The van der Waals surface area contributed by atoms with Gasteiger partial charge in [0.05, 0.1) is 36.0 Å². The van der Waals surface area contributed by atoms with Gasteiger partial charge in [0.25, 0.3) is 0 Å². The van der Waals surface area contributed by atoms with Crippen LogP contribution in [0.5, 0.6) is 0 Å². The second-order valence-corrected chi connectivity index (χ2v) is 7.05. The third-order valence-corrected chi connectivity index (χ3v) is 5.26. The SMILES string of the molecule is O=S(=O)(NCc1cn(-c2ccccc2CO)nn1)C1CC1. The number of sulfonamides is 1. The summed E-state index contributed by atoms with van der Waals surface area (Å²) in [7, 11) is -3.22. The molecule has 1 aromatic heterocycles. The molecule has 0 bridgehead atoms. The highest BCUT2D eigenvalue weighted by atomic mass is 32.2. The Morgan fingerprint density at radius 1 is 1.33 bits per heavy atom. The third-order valence-electron chi connectivity index (χ3n) is 3.37. The van der Waals surface area contributed by atoms with E-state index in [1.807, 2.05) is 18.2 Å². The monoisotopic (exact) mass is 308 g/mol. The molecule has 7 nitrogen and oxygen atoms in total. The molecule has 3 rings (SSSR count). The van der Waals surface area contributed by atoms with Crippen LogP contribution in [0.4, 0.5) is 0 Å². The van der Waals surface area contributed by atoms with Gasteiger partial charge in [-0.2, -0.15) is 0 Å². The van der Waals surface area contributed by atoms with Gasteiger partial charge in [0, 0.05) is 5.56 Å². The molecule has 1 aliphatic carbocycles. The molecule has 0 unspecified atom stereocenters. The van der Waals surface area contributed by atoms with Gasteiger partial charge in [0.2, 0.25) is 10.0 Å². The standard InChI is InChI=1S/C13H16N4O3S/c18-9-10-3-1-2-4-13(10)17-8-11(15-16-17)7-14-21(19,20)12-5-6-12/h1-4,8,12,14,18H,5-7,9H2. The van der Waals surface area contributed by atoms with Gasteiger partial charge in [0.1, 0.15) is 0 Å². The Labute approximate surface area is 122 Å². The van der Waals surface area contributed by atoms with Crippen LogP contribution in [0.15, 0.2) is 30.5 Å². The summed E-state index contributed by atoms with van der Waals surface area (Å²) in [6, 6.07) is 7.28. The van der Waals surface area contributed by atoms with Crippen molar-refractivity contribution in [2.45, 2.75) is 31.2 Å². The number of benzene rings is 1. The molecule has 0 spiro atoms. The van der Waals surface area contributed by atoms with E-state index in [1.54, 1.807) is 12.3 Å². The molecule has 112 valence electrons. The van der Waals surface area contributed by atoms with E-state index >= 15 is 0 Å². The number of nitrogens with one attached hydrogen (secondary N) is 1. The summed E-state index contributed by atoms with van der Waals surface area (Å²) in [4.78, 5) is 0. The van der Waals surface area contributed by atoms with Crippen molar-refractivity contribution in [2.75, 3.05) is 0 Å². The van der Waals surface area contributed by atoms with Crippen LogP contribution < -0.4 is 4.72 Å². The first-order valence-corrected chi connectivity index (χ1v) is 8.23. The second-order valence-electron chi connectivity index (χ2n) is 5.01. The van der Waals surface area contributed by atoms with Gasteiger partial charge in [-0.25, -0.2) is 17.8 Å². The predicted octanol–water partition coefficient (Wildman–Crippen LogP) is 0.341. The average molecular weight is 308 g/mol. The molecule has 21 heavy (non-hydrogen) atoms. The maximum Gasteiger partial charge on any atom is 0.214 e. The maximum absolute atomic E-state index is 11.7. The van der Waals surface area contributed by atoms with Crippen LogP contribution in [0.25, 0.3) is 5.69 Å². The summed E-state index contributed by atoms with van der Waals surface area (Å²) >= 11 is 0. The number of aliphatic hydroxyl groups is 1. The number of aromatic nitrogens is 3. The highest BCUT2D eigenvalue weighted by Gasteiger charge is 2.35. The summed E-state index contributed by atoms with van der Waals surface area (Å²) in [5.41, 5.74) is 1.99. The Kier molecular flexibility index (Phi) is 3.75. The van der Waals surface area contributed by atoms with Gasteiger partial charge in [-0.1, -0.05) is 23.4 Å². The van der Waals surface area contributed by atoms with Crippen LogP contribution in [0.2, 0.25) is 0 Å². The minimum atomic E-state index is -3.22. The lowest BCUT2D eigenvalue weighted by Crippen LogP contribution is -2.26. The summed E-state index contributed by atoms with van der Waals surface area (Å²) in [5, 5.41) is 17.0. The molecule has 1 aromatic carbocycles. The number of nitrogens with zero attached hydrogens (tertiary/aromatic N) is 3. The fraction of sp³-hybridized carbons (Fsp3) is 0.385.